The lowest BCUT2D eigenvalue weighted by Crippen LogP contribution is -2.00. The van der Waals surface area contributed by atoms with E-state index in [4.69, 9.17) is 0 Å². The zero-order valence-electron chi connectivity index (χ0n) is 6.05. The number of nitrogens with one attached hydrogen (secondary N) is 1. The lowest BCUT2D eigenvalue weighted by Gasteiger charge is -2.02. The van der Waals surface area contributed by atoms with Crippen molar-refractivity contribution < 1.29 is 0 Å². The monoisotopic (exact) mass is 212 g/mol. The molecule has 0 spiro atoms. The molecule has 1 aliphatic rings. The normalized spacial score (nSPS) is 16.5. The van der Waals surface area contributed by atoms with E-state index < -0.39 is 0 Å². The summed E-state index contributed by atoms with van der Waals surface area (Å²) in [4.78, 5) is 4.06. The molecule has 0 amide bonds. The molecule has 0 unspecified atom stereocenters. The van der Waals surface area contributed by atoms with Crippen molar-refractivity contribution >= 4 is 21.6 Å². The number of pyridine rings is 1. The van der Waals surface area contributed by atoms with Gasteiger partial charge in [-0.3, -0.25) is 4.98 Å². The van der Waals surface area contributed by atoms with Crippen molar-refractivity contribution in [2.45, 2.75) is 18.9 Å². The highest BCUT2D eigenvalue weighted by molar-refractivity contribution is 9.10. The molecule has 58 valence electrons. The van der Waals surface area contributed by atoms with E-state index in [2.05, 4.69) is 26.2 Å². The summed E-state index contributed by atoms with van der Waals surface area (Å²) in [6, 6.07) is 2.75. The summed E-state index contributed by atoms with van der Waals surface area (Å²) in [7, 11) is 0. The fraction of sp³-hybridized carbons (Fsp3) is 0.375. The molecule has 11 heavy (non-hydrogen) atoms. The van der Waals surface area contributed by atoms with E-state index in [0.29, 0.717) is 6.04 Å². The van der Waals surface area contributed by atoms with Gasteiger partial charge in [-0.25, -0.2) is 0 Å². The highest BCUT2D eigenvalue weighted by Gasteiger charge is 2.20. The smallest absolute Gasteiger partial charge is 0.0540 e. The van der Waals surface area contributed by atoms with Crippen molar-refractivity contribution in [3.63, 3.8) is 0 Å². The van der Waals surface area contributed by atoms with Crippen molar-refractivity contribution in [3.8, 4) is 0 Å². The molecule has 0 aliphatic heterocycles. The van der Waals surface area contributed by atoms with Crippen LogP contribution in [0, 0.1) is 0 Å². The lowest BCUT2D eigenvalue weighted by molar-refractivity contribution is 1.14. The lowest BCUT2D eigenvalue weighted by atomic mass is 10.4. The molecule has 2 rings (SSSR count). The van der Waals surface area contributed by atoms with Gasteiger partial charge in [0.25, 0.3) is 0 Å². The topological polar surface area (TPSA) is 24.9 Å². The molecule has 2 nitrogen and oxygen atoms in total. The first-order chi connectivity index (χ1) is 5.34. The first kappa shape index (κ1) is 7.10. The fourth-order valence-corrected chi connectivity index (χ4v) is 1.32. The van der Waals surface area contributed by atoms with Crippen LogP contribution in [0.15, 0.2) is 22.9 Å². The molecule has 1 fully saturated rings. The Balaban J connectivity index is 2.10. The minimum Gasteiger partial charge on any atom is -0.381 e. The summed E-state index contributed by atoms with van der Waals surface area (Å²) >= 11 is 3.37. The number of nitrogens with zero attached hydrogens (tertiary/aromatic N) is 1. The molecule has 0 radical (unpaired) electrons. The van der Waals surface area contributed by atoms with Gasteiger partial charge in [-0.2, -0.15) is 0 Å². The van der Waals surface area contributed by atoms with E-state index in [0.717, 1.165) is 10.2 Å². The van der Waals surface area contributed by atoms with Crippen LogP contribution < -0.4 is 5.32 Å². The van der Waals surface area contributed by atoms with Crippen LogP contribution in [-0.4, -0.2) is 11.0 Å². The van der Waals surface area contributed by atoms with Gasteiger partial charge in [0, 0.05) is 16.7 Å². The Morgan fingerprint density at radius 2 is 2.27 bits per heavy atom. The first-order valence-electron chi connectivity index (χ1n) is 3.72. The van der Waals surface area contributed by atoms with E-state index in [1.807, 2.05) is 12.3 Å². The average molecular weight is 213 g/mol. The predicted octanol–water partition coefficient (Wildman–Crippen LogP) is 2.42. The third kappa shape index (κ3) is 1.93. The van der Waals surface area contributed by atoms with Crippen LogP contribution in [0.25, 0.3) is 0 Å². The molecule has 1 aromatic heterocycles. The molecule has 0 atom stereocenters. The van der Waals surface area contributed by atoms with Gasteiger partial charge in [0.15, 0.2) is 0 Å². The number of aromatic nitrogens is 1. The van der Waals surface area contributed by atoms with Crippen molar-refractivity contribution in [3.05, 3.63) is 22.9 Å². The Kier molecular flexibility index (Phi) is 1.82. The van der Waals surface area contributed by atoms with Gasteiger partial charge in [-0.15, -0.1) is 0 Å². The van der Waals surface area contributed by atoms with Crippen LogP contribution in [0.1, 0.15) is 12.8 Å². The highest BCUT2D eigenvalue weighted by Crippen LogP contribution is 2.25. The van der Waals surface area contributed by atoms with Crippen LogP contribution in [-0.2, 0) is 0 Å². The quantitative estimate of drug-likeness (QED) is 0.815. The molecule has 1 aromatic rings. The van der Waals surface area contributed by atoms with E-state index in [-0.39, 0.29) is 0 Å². The van der Waals surface area contributed by atoms with Crippen molar-refractivity contribution in [2.24, 2.45) is 0 Å². The predicted molar refractivity (Wildman–Crippen MR) is 48.6 cm³/mol. The molecular weight excluding hydrogens is 204 g/mol. The van der Waals surface area contributed by atoms with E-state index in [1.54, 1.807) is 6.20 Å². The van der Waals surface area contributed by atoms with Gasteiger partial charge in [0.1, 0.15) is 0 Å². The fourth-order valence-electron chi connectivity index (χ4n) is 0.954. The average Bonchev–Trinajstić information content (AvgIpc) is 2.71. The summed E-state index contributed by atoms with van der Waals surface area (Å²) in [6.07, 6.45) is 6.24. The summed E-state index contributed by atoms with van der Waals surface area (Å²) in [5.74, 6) is 0. The molecule has 0 saturated heterocycles. The SMILES string of the molecule is Brc1cncc(NC2CC2)c1. The number of halogens is 1. The maximum absolute atomic E-state index is 4.06. The summed E-state index contributed by atoms with van der Waals surface area (Å²) in [5.41, 5.74) is 1.11. The molecule has 0 bridgehead atoms. The largest absolute Gasteiger partial charge is 0.381 e. The van der Waals surface area contributed by atoms with Crippen molar-refractivity contribution in [1.29, 1.82) is 0 Å². The number of rotatable bonds is 2. The molecule has 1 aliphatic carbocycles. The second-order valence-electron chi connectivity index (χ2n) is 2.81. The maximum Gasteiger partial charge on any atom is 0.0540 e. The molecule has 1 saturated carbocycles. The number of hydrogen-bond donors (Lipinski definition) is 1. The standard InChI is InChI=1S/C8H9BrN2/c9-6-3-8(5-10-4-6)11-7-1-2-7/h3-5,7,11H,1-2H2. The Labute approximate surface area is 74.2 Å². The summed E-state index contributed by atoms with van der Waals surface area (Å²) in [6.45, 7) is 0. The van der Waals surface area contributed by atoms with E-state index in [1.165, 1.54) is 12.8 Å². The van der Waals surface area contributed by atoms with Gasteiger partial charge >= 0.3 is 0 Å². The zero-order valence-corrected chi connectivity index (χ0v) is 7.63. The van der Waals surface area contributed by atoms with Gasteiger partial charge in [-0.05, 0) is 34.8 Å². The van der Waals surface area contributed by atoms with E-state index >= 15 is 0 Å². The molecule has 3 heteroatoms. The van der Waals surface area contributed by atoms with Crippen molar-refractivity contribution in [2.75, 3.05) is 5.32 Å². The minimum absolute atomic E-state index is 0.700. The molecular formula is C8H9BrN2. The van der Waals surface area contributed by atoms with Crippen molar-refractivity contribution in [1.82, 2.24) is 4.98 Å². The molecule has 1 N–H and O–H groups in total. The highest BCUT2D eigenvalue weighted by atomic mass is 79.9. The van der Waals surface area contributed by atoms with Gasteiger partial charge in [0.2, 0.25) is 0 Å². The molecule has 0 aromatic carbocycles. The van der Waals surface area contributed by atoms with Crippen LogP contribution >= 0.6 is 15.9 Å². The van der Waals surface area contributed by atoms with Gasteiger partial charge in [-0.1, -0.05) is 0 Å². The van der Waals surface area contributed by atoms with Gasteiger partial charge in [0.05, 0.1) is 11.9 Å². The van der Waals surface area contributed by atoms with E-state index in [9.17, 15) is 0 Å². The zero-order chi connectivity index (χ0) is 7.68. The Morgan fingerprint density at radius 3 is 2.91 bits per heavy atom. The minimum atomic E-state index is 0.700. The third-order valence-electron chi connectivity index (χ3n) is 1.65. The van der Waals surface area contributed by atoms with Crippen LogP contribution in [0.3, 0.4) is 0 Å². The Hall–Kier alpha value is -0.570. The summed E-state index contributed by atoms with van der Waals surface area (Å²) < 4.78 is 1.03. The number of anilines is 1. The maximum atomic E-state index is 4.06. The first-order valence-corrected chi connectivity index (χ1v) is 4.51. The van der Waals surface area contributed by atoms with Crippen LogP contribution in [0.5, 0.6) is 0 Å². The van der Waals surface area contributed by atoms with Crippen LogP contribution in [0.4, 0.5) is 5.69 Å². The Bertz CT molecular complexity index is 258. The molecule has 1 heterocycles. The third-order valence-corrected chi connectivity index (χ3v) is 2.09. The second-order valence-corrected chi connectivity index (χ2v) is 3.73. The van der Waals surface area contributed by atoms with Gasteiger partial charge < -0.3 is 5.32 Å². The second kappa shape index (κ2) is 2.81. The number of hydrogen-bond acceptors (Lipinski definition) is 2. The Morgan fingerprint density at radius 1 is 1.45 bits per heavy atom. The van der Waals surface area contributed by atoms with Crippen LogP contribution in [0.2, 0.25) is 0 Å². The summed E-state index contributed by atoms with van der Waals surface area (Å²) in [5, 5.41) is 3.36.